The van der Waals surface area contributed by atoms with E-state index >= 15 is 0 Å². The van der Waals surface area contributed by atoms with Gasteiger partial charge in [-0.15, -0.1) is 24.0 Å². The first-order chi connectivity index (χ1) is 12.6. The molecule has 0 atom stereocenters. The second kappa shape index (κ2) is 12.7. The molecule has 2 rings (SSSR count). The van der Waals surface area contributed by atoms with Crippen LogP contribution in [0.3, 0.4) is 0 Å². The first kappa shape index (κ1) is 23.4. The third-order valence-electron chi connectivity index (χ3n) is 4.26. The minimum atomic E-state index is -0.397. The lowest BCUT2D eigenvalue weighted by Crippen LogP contribution is -2.47. The largest absolute Gasteiger partial charge is 0.383 e. The van der Waals surface area contributed by atoms with E-state index in [1.807, 2.05) is 6.92 Å². The summed E-state index contributed by atoms with van der Waals surface area (Å²) in [7, 11) is 0. The van der Waals surface area contributed by atoms with Crippen molar-refractivity contribution in [3.63, 3.8) is 0 Å². The molecule has 1 aliphatic rings. The summed E-state index contributed by atoms with van der Waals surface area (Å²) in [5.74, 6) is 0.938. The number of piperidine rings is 1. The number of aliphatic imine (C=N–C) groups is 1. The zero-order valence-electron chi connectivity index (χ0n) is 16.0. The Labute approximate surface area is 177 Å². The third kappa shape index (κ3) is 7.87. The predicted octanol–water partition coefficient (Wildman–Crippen LogP) is 3.09. The van der Waals surface area contributed by atoms with Crippen molar-refractivity contribution >= 4 is 41.3 Å². The minimum Gasteiger partial charge on any atom is -0.383 e. The maximum Gasteiger partial charge on any atom is 0.269 e. The first-order valence-electron chi connectivity index (χ1n) is 9.27. The monoisotopic (exact) mass is 491 g/mol. The normalized spacial score (nSPS) is 15.2. The molecule has 8 nitrogen and oxygen atoms in total. The van der Waals surface area contributed by atoms with Crippen molar-refractivity contribution in [3.8, 4) is 0 Å². The fourth-order valence-corrected chi connectivity index (χ4v) is 2.96. The van der Waals surface area contributed by atoms with Crippen molar-refractivity contribution in [2.75, 3.05) is 44.6 Å². The number of nitro benzene ring substituents is 1. The number of anilines is 1. The van der Waals surface area contributed by atoms with Crippen molar-refractivity contribution in [3.05, 3.63) is 34.4 Å². The smallest absolute Gasteiger partial charge is 0.269 e. The summed E-state index contributed by atoms with van der Waals surface area (Å²) in [6, 6.07) is 6.42. The number of benzene rings is 1. The number of ether oxygens (including phenoxy) is 1. The van der Waals surface area contributed by atoms with Gasteiger partial charge in [0.15, 0.2) is 5.96 Å². The van der Waals surface area contributed by atoms with Crippen LogP contribution in [0.4, 0.5) is 11.4 Å². The Bertz CT molecular complexity index is 589. The van der Waals surface area contributed by atoms with Crippen LogP contribution >= 0.6 is 24.0 Å². The molecule has 0 aliphatic carbocycles. The van der Waals surface area contributed by atoms with Crippen molar-refractivity contribution in [1.82, 2.24) is 10.2 Å². The molecule has 1 aliphatic heterocycles. The van der Waals surface area contributed by atoms with E-state index in [9.17, 15) is 10.1 Å². The van der Waals surface area contributed by atoms with Crippen molar-refractivity contribution in [2.45, 2.75) is 32.8 Å². The van der Waals surface area contributed by atoms with Crippen LogP contribution in [0.5, 0.6) is 0 Å². The summed E-state index contributed by atoms with van der Waals surface area (Å²) in [5.41, 5.74) is 0.951. The molecule has 2 N–H and O–H groups in total. The van der Waals surface area contributed by atoms with E-state index in [4.69, 9.17) is 4.74 Å². The zero-order chi connectivity index (χ0) is 18.8. The fourth-order valence-electron chi connectivity index (χ4n) is 2.96. The molecule has 0 radical (unpaired) electrons. The van der Waals surface area contributed by atoms with Crippen molar-refractivity contribution < 1.29 is 9.66 Å². The molecule has 1 saturated heterocycles. The van der Waals surface area contributed by atoms with Gasteiger partial charge in [0.05, 0.1) is 17.6 Å². The second-order valence-electron chi connectivity index (χ2n) is 6.11. The highest BCUT2D eigenvalue weighted by atomic mass is 127. The van der Waals surface area contributed by atoms with E-state index in [1.165, 1.54) is 12.1 Å². The van der Waals surface area contributed by atoms with Gasteiger partial charge in [0.2, 0.25) is 0 Å². The molecule has 0 unspecified atom stereocenters. The van der Waals surface area contributed by atoms with Crippen LogP contribution in [0, 0.1) is 10.1 Å². The molecule has 0 spiro atoms. The minimum absolute atomic E-state index is 0. The van der Waals surface area contributed by atoms with Crippen LogP contribution in [0.15, 0.2) is 29.3 Å². The average Bonchev–Trinajstić information content (AvgIpc) is 2.65. The van der Waals surface area contributed by atoms with Gasteiger partial charge >= 0.3 is 0 Å². The third-order valence-corrected chi connectivity index (χ3v) is 4.26. The SMILES string of the molecule is CCNC(=NCCNc1ccc([N+](=O)[O-])cc1)N1CCC(OCC)CC1.I. The van der Waals surface area contributed by atoms with Gasteiger partial charge in [0.1, 0.15) is 0 Å². The topological polar surface area (TPSA) is 92.0 Å². The Morgan fingerprint density at radius 2 is 1.96 bits per heavy atom. The van der Waals surface area contributed by atoms with Crippen molar-refractivity contribution in [2.24, 2.45) is 4.99 Å². The van der Waals surface area contributed by atoms with E-state index in [1.54, 1.807) is 12.1 Å². The molecular weight excluding hydrogens is 461 g/mol. The molecule has 0 bridgehead atoms. The second-order valence-corrected chi connectivity index (χ2v) is 6.11. The van der Waals surface area contributed by atoms with E-state index in [0.717, 1.165) is 50.7 Å². The number of hydrogen-bond donors (Lipinski definition) is 2. The summed E-state index contributed by atoms with van der Waals surface area (Å²) in [6.45, 7) is 8.91. The summed E-state index contributed by atoms with van der Waals surface area (Å²) < 4.78 is 5.70. The Balaban J connectivity index is 0.00000364. The Morgan fingerprint density at radius 3 is 2.52 bits per heavy atom. The van der Waals surface area contributed by atoms with Gasteiger partial charge in [0, 0.05) is 50.6 Å². The standard InChI is InChI=1S/C18H29N5O3.HI/c1-3-19-18(22-13-9-17(10-14-22)26-4-2)21-12-11-20-15-5-7-16(8-6-15)23(24)25;/h5-8,17,20H,3-4,9-14H2,1-2H3,(H,19,21);1H. The maximum absolute atomic E-state index is 10.7. The highest BCUT2D eigenvalue weighted by molar-refractivity contribution is 14.0. The molecule has 1 aromatic carbocycles. The number of hydrogen-bond acceptors (Lipinski definition) is 5. The maximum atomic E-state index is 10.7. The van der Waals surface area contributed by atoms with Gasteiger partial charge in [-0.25, -0.2) is 0 Å². The van der Waals surface area contributed by atoms with Crippen LogP contribution in [0.1, 0.15) is 26.7 Å². The highest BCUT2D eigenvalue weighted by Gasteiger charge is 2.21. The number of guanidine groups is 1. The number of nitrogens with one attached hydrogen (secondary N) is 2. The molecule has 152 valence electrons. The number of nitrogens with zero attached hydrogens (tertiary/aromatic N) is 3. The molecular formula is C18H30IN5O3. The van der Waals surface area contributed by atoms with Crippen LogP contribution in [-0.2, 0) is 4.74 Å². The van der Waals surface area contributed by atoms with Crippen LogP contribution in [-0.4, -0.2) is 61.2 Å². The zero-order valence-corrected chi connectivity index (χ0v) is 18.3. The van der Waals surface area contributed by atoms with E-state index in [2.05, 4.69) is 27.4 Å². The molecule has 0 amide bonds. The molecule has 1 heterocycles. The van der Waals surface area contributed by atoms with Gasteiger partial charge in [-0.05, 0) is 38.8 Å². The van der Waals surface area contributed by atoms with Gasteiger partial charge in [-0.3, -0.25) is 15.1 Å². The fraction of sp³-hybridized carbons (Fsp3) is 0.611. The number of rotatable bonds is 8. The quantitative estimate of drug-likeness (QED) is 0.145. The average molecular weight is 491 g/mol. The van der Waals surface area contributed by atoms with Gasteiger partial charge in [-0.2, -0.15) is 0 Å². The van der Waals surface area contributed by atoms with E-state index < -0.39 is 4.92 Å². The Morgan fingerprint density at radius 1 is 1.30 bits per heavy atom. The van der Waals surface area contributed by atoms with Gasteiger partial charge < -0.3 is 20.3 Å². The van der Waals surface area contributed by atoms with E-state index in [-0.39, 0.29) is 29.7 Å². The van der Waals surface area contributed by atoms with Crippen LogP contribution in [0.2, 0.25) is 0 Å². The highest BCUT2D eigenvalue weighted by Crippen LogP contribution is 2.15. The van der Waals surface area contributed by atoms with Crippen molar-refractivity contribution in [1.29, 1.82) is 0 Å². The number of nitro groups is 1. The van der Waals surface area contributed by atoms with Crippen LogP contribution < -0.4 is 10.6 Å². The molecule has 0 aromatic heterocycles. The summed E-state index contributed by atoms with van der Waals surface area (Å²) >= 11 is 0. The Hall–Kier alpha value is -1.62. The molecule has 9 heteroatoms. The summed E-state index contributed by atoms with van der Waals surface area (Å²) in [6.07, 6.45) is 2.42. The first-order valence-corrected chi connectivity index (χ1v) is 9.27. The molecule has 0 saturated carbocycles. The number of halogens is 1. The Kier molecular flexibility index (Phi) is 11.0. The summed E-state index contributed by atoms with van der Waals surface area (Å²) in [4.78, 5) is 17.2. The molecule has 27 heavy (non-hydrogen) atoms. The molecule has 1 aromatic rings. The van der Waals surface area contributed by atoms with Gasteiger partial charge in [0.25, 0.3) is 5.69 Å². The lowest BCUT2D eigenvalue weighted by atomic mass is 10.1. The number of likely N-dealkylation sites (tertiary alicyclic amines) is 1. The van der Waals surface area contributed by atoms with Gasteiger partial charge in [-0.1, -0.05) is 0 Å². The predicted molar refractivity (Wildman–Crippen MR) is 119 cm³/mol. The molecule has 1 fully saturated rings. The van der Waals surface area contributed by atoms with Crippen LogP contribution in [0.25, 0.3) is 0 Å². The lowest BCUT2D eigenvalue weighted by molar-refractivity contribution is -0.384. The number of non-ortho nitro benzene ring substituents is 1. The lowest BCUT2D eigenvalue weighted by Gasteiger charge is -2.34. The van der Waals surface area contributed by atoms with E-state index in [0.29, 0.717) is 19.2 Å². The summed E-state index contributed by atoms with van der Waals surface area (Å²) in [5, 5.41) is 17.3.